The number of carbonyl (C=O) groups excluding carboxylic acids is 1. The number of aryl methyl sites for hydroxylation is 3. The van der Waals surface area contributed by atoms with E-state index in [1.807, 2.05) is 36.9 Å². The van der Waals surface area contributed by atoms with Gasteiger partial charge in [0, 0.05) is 31.1 Å². The van der Waals surface area contributed by atoms with Gasteiger partial charge < -0.3 is 14.5 Å². The average Bonchev–Trinajstić information content (AvgIpc) is 3.07. The molecule has 1 aliphatic heterocycles. The van der Waals surface area contributed by atoms with Crippen molar-refractivity contribution in [2.45, 2.75) is 20.8 Å². The van der Waals surface area contributed by atoms with Crippen LogP contribution in [0.1, 0.15) is 16.0 Å². The summed E-state index contributed by atoms with van der Waals surface area (Å²) >= 11 is 1.68. The third-order valence-corrected chi connectivity index (χ3v) is 6.07. The Morgan fingerprint density at radius 2 is 1.82 bits per heavy atom. The average molecular weight is 397 g/mol. The molecule has 3 aromatic rings. The maximum Gasteiger partial charge on any atom is 0.260 e. The highest BCUT2D eigenvalue weighted by Crippen LogP contribution is 2.30. The molecule has 1 aromatic carbocycles. The zero-order chi connectivity index (χ0) is 19.7. The number of nitrogens with zero attached hydrogens (tertiary/aromatic N) is 4. The SMILES string of the molecule is Cc1cc2c(N3CCN(C(=O)COc4c(C)cccc4C)CC3)ncnc2s1. The molecule has 0 aliphatic carbocycles. The van der Waals surface area contributed by atoms with Gasteiger partial charge in [-0.25, -0.2) is 9.97 Å². The summed E-state index contributed by atoms with van der Waals surface area (Å²) < 4.78 is 5.83. The number of aromatic nitrogens is 2. The van der Waals surface area contributed by atoms with Crippen LogP contribution in [0.15, 0.2) is 30.6 Å². The Labute approximate surface area is 168 Å². The van der Waals surface area contributed by atoms with E-state index < -0.39 is 0 Å². The maximum atomic E-state index is 12.6. The standard InChI is InChI=1S/C21H24N4O2S/c1-14-5-4-6-15(2)19(14)27-12-18(26)24-7-9-25(10-8-24)20-17-11-16(3)28-21(17)23-13-22-20/h4-6,11,13H,7-10,12H2,1-3H3. The van der Waals surface area contributed by atoms with E-state index in [4.69, 9.17) is 4.74 Å². The van der Waals surface area contributed by atoms with E-state index in [0.29, 0.717) is 13.1 Å². The molecule has 0 N–H and O–H groups in total. The van der Waals surface area contributed by atoms with Crippen LogP contribution in [-0.4, -0.2) is 53.6 Å². The van der Waals surface area contributed by atoms with E-state index in [-0.39, 0.29) is 12.5 Å². The second-order valence-corrected chi connectivity index (χ2v) is 8.39. The Hall–Kier alpha value is -2.67. The fraction of sp³-hybridized carbons (Fsp3) is 0.381. The molecule has 6 nitrogen and oxygen atoms in total. The second kappa shape index (κ2) is 7.75. The number of para-hydroxylation sites is 1. The Morgan fingerprint density at radius 1 is 1.11 bits per heavy atom. The number of fused-ring (bicyclic) bond motifs is 1. The molecule has 0 spiro atoms. The predicted octanol–water partition coefficient (Wildman–Crippen LogP) is 3.34. The molecule has 1 amide bonds. The van der Waals surface area contributed by atoms with Crippen molar-refractivity contribution in [3.8, 4) is 5.75 Å². The first kappa shape index (κ1) is 18.7. The smallest absolute Gasteiger partial charge is 0.260 e. The van der Waals surface area contributed by atoms with Gasteiger partial charge in [0.25, 0.3) is 5.91 Å². The molecule has 146 valence electrons. The van der Waals surface area contributed by atoms with E-state index in [9.17, 15) is 4.79 Å². The van der Waals surface area contributed by atoms with E-state index in [1.165, 1.54) is 4.88 Å². The van der Waals surface area contributed by atoms with Crippen molar-refractivity contribution >= 4 is 33.3 Å². The number of anilines is 1. The number of hydrogen-bond donors (Lipinski definition) is 0. The van der Waals surface area contributed by atoms with Gasteiger partial charge in [0.2, 0.25) is 0 Å². The van der Waals surface area contributed by atoms with Gasteiger partial charge in [0.15, 0.2) is 6.61 Å². The highest BCUT2D eigenvalue weighted by atomic mass is 32.1. The molecule has 0 unspecified atom stereocenters. The van der Waals surface area contributed by atoms with Gasteiger partial charge >= 0.3 is 0 Å². The third kappa shape index (κ3) is 3.67. The minimum Gasteiger partial charge on any atom is -0.483 e. The maximum absolute atomic E-state index is 12.6. The van der Waals surface area contributed by atoms with Gasteiger partial charge in [-0.1, -0.05) is 18.2 Å². The number of amides is 1. The molecule has 0 radical (unpaired) electrons. The van der Waals surface area contributed by atoms with Crippen LogP contribution in [0.25, 0.3) is 10.2 Å². The lowest BCUT2D eigenvalue weighted by Gasteiger charge is -2.35. The number of carbonyl (C=O) groups is 1. The molecule has 0 atom stereocenters. The van der Waals surface area contributed by atoms with E-state index >= 15 is 0 Å². The summed E-state index contributed by atoms with van der Waals surface area (Å²) in [6.07, 6.45) is 1.63. The molecular weight excluding hydrogens is 372 g/mol. The number of rotatable bonds is 4. The molecule has 4 rings (SSSR count). The van der Waals surface area contributed by atoms with Gasteiger partial charge in [-0.2, -0.15) is 0 Å². The van der Waals surface area contributed by atoms with Crippen LogP contribution < -0.4 is 9.64 Å². The first-order valence-electron chi connectivity index (χ1n) is 9.46. The van der Waals surface area contributed by atoms with E-state index in [1.54, 1.807) is 17.7 Å². The topological polar surface area (TPSA) is 58.6 Å². The lowest BCUT2D eigenvalue weighted by Crippen LogP contribution is -2.50. The monoisotopic (exact) mass is 396 g/mol. The second-order valence-electron chi connectivity index (χ2n) is 7.15. The summed E-state index contributed by atoms with van der Waals surface area (Å²) in [6, 6.07) is 8.14. The molecule has 7 heteroatoms. The van der Waals surface area contributed by atoms with Gasteiger partial charge in [-0.05, 0) is 38.0 Å². The number of benzene rings is 1. The zero-order valence-corrected chi connectivity index (χ0v) is 17.3. The zero-order valence-electron chi connectivity index (χ0n) is 16.4. The summed E-state index contributed by atoms with van der Waals surface area (Å²) in [7, 11) is 0. The van der Waals surface area contributed by atoms with Gasteiger partial charge in [0.05, 0.1) is 5.39 Å². The van der Waals surface area contributed by atoms with E-state index in [2.05, 4.69) is 27.9 Å². The summed E-state index contributed by atoms with van der Waals surface area (Å²) in [5.41, 5.74) is 2.10. The molecular formula is C21H24N4O2S. The minimum absolute atomic E-state index is 0.0292. The van der Waals surface area contributed by atoms with E-state index in [0.717, 1.165) is 46.0 Å². The van der Waals surface area contributed by atoms with Crippen molar-refractivity contribution in [3.63, 3.8) is 0 Å². The highest BCUT2D eigenvalue weighted by molar-refractivity contribution is 7.18. The van der Waals surface area contributed by atoms with Crippen molar-refractivity contribution in [2.75, 3.05) is 37.7 Å². The summed E-state index contributed by atoms with van der Waals surface area (Å²) in [4.78, 5) is 27.8. The van der Waals surface area contributed by atoms with Crippen LogP contribution in [-0.2, 0) is 4.79 Å². The summed E-state index contributed by atoms with van der Waals surface area (Å²) in [5, 5.41) is 1.10. The number of ether oxygens (including phenoxy) is 1. The number of hydrogen-bond acceptors (Lipinski definition) is 6. The third-order valence-electron chi connectivity index (χ3n) is 5.11. The molecule has 3 heterocycles. The molecule has 2 aromatic heterocycles. The first-order valence-corrected chi connectivity index (χ1v) is 10.3. The fourth-order valence-corrected chi connectivity index (χ4v) is 4.48. The van der Waals surface area contributed by atoms with Crippen molar-refractivity contribution in [1.82, 2.24) is 14.9 Å². The van der Waals surface area contributed by atoms with Crippen LogP contribution in [0.4, 0.5) is 5.82 Å². The predicted molar refractivity (Wildman–Crippen MR) is 112 cm³/mol. The molecule has 0 bridgehead atoms. The summed E-state index contributed by atoms with van der Waals surface area (Å²) in [6.45, 7) is 9.02. The fourth-order valence-electron chi connectivity index (χ4n) is 3.64. The largest absolute Gasteiger partial charge is 0.483 e. The van der Waals surface area contributed by atoms with Gasteiger partial charge in [-0.15, -0.1) is 11.3 Å². The van der Waals surface area contributed by atoms with Crippen LogP contribution in [0.5, 0.6) is 5.75 Å². The molecule has 0 saturated carbocycles. The summed E-state index contributed by atoms with van der Waals surface area (Å²) in [5.74, 6) is 1.81. The molecule has 1 aliphatic rings. The van der Waals surface area contributed by atoms with Gasteiger partial charge in [-0.3, -0.25) is 4.79 Å². The first-order chi connectivity index (χ1) is 13.5. The number of piperazine rings is 1. The molecule has 1 saturated heterocycles. The van der Waals surface area contributed by atoms with Crippen LogP contribution >= 0.6 is 11.3 Å². The number of thiophene rings is 1. The quantitative estimate of drug-likeness (QED) is 0.677. The van der Waals surface area contributed by atoms with Gasteiger partial charge in [0.1, 0.15) is 22.7 Å². The Balaban J connectivity index is 1.38. The Bertz CT molecular complexity index is 989. The lowest BCUT2D eigenvalue weighted by atomic mass is 10.1. The molecule has 1 fully saturated rings. The van der Waals surface area contributed by atoms with Crippen LogP contribution in [0, 0.1) is 20.8 Å². The van der Waals surface area contributed by atoms with Crippen molar-refractivity contribution < 1.29 is 9.53 Å². The van der Waals surface area contributed by atoms with Crippen molar-refractivity contribution in [2.24, 2.45) is 0 Å². The Kier molecular flexibility index (Phi) is 5.17. The van der Waals surface area contributed by atoms with Crippen molar-refractivity contribution in [3.05, 3.63) is 46.6 Å². The highest BCUT2D eigenvalue weighted by Gasteiger charge is 2.24. The Morgan fingerprint density at radius 3 is 2.54 bits per heavy atom. The normalized spacial score (nSPS) is 14.5. The van der Waals surface area contributed by atoms with Crippen LogP contribution in [0.3, 0.4) is 0 Å². The lowest BCUT2D eigenvalue weighted by molar-refractivity contribution is -0.133. The minimum atomic E-state index is 0.0292. The van der Waals surface area contributed by atoms with Crippen molar-refractivity contribution in [1.29, 1.82) is 0 Å². The molecule has 28 heavy (non-hydrogen) atoms. The van der Waals surface area contributed by atoms with Crippen LogP contribution in [0.2, 0.25) is 0 Å².